The molecule has 0 radical (unpaired) electrons. The molecule has 0 aliphatic heterocycles. The van der Waals surface area contributed by atoms with Gasteiger partial charge in [-0.25, -0.2) is 0 Å². The summed E-state index contributed by atoms with van der Waals surface area (Å²) in [6.45, 7) is 7.18. The smallest absolute Gasteiger partial charge is 0.220 e. The van der Waals surface area contributed by atoms with Crippen molar-refractivity contribution >= 4 is 5.91 Å². The van der Waals surface area contributed by atoms with Crippen LogP contribution < -0.4 is 11.1 Å². The molecule has 1 atom stereocenters. The van der Waals surface area contributed by atoms with Gasteiger partial charge in [0.1, 0.15) is 0 Å². The third-order valence-electron chi connectivity index (χ3n) is 2.95. The molecule has 0 aromatic carbocycles. The summed E-state index contributed by atoms with van der Waals surface area (Å²) in [6.07, 6.45) is 5.99. The Hall–Kier alpha value is -0.570. The maximum atomic E-state index is 11.6. The van der Waals surface area contributed by atoms with Crippen LogP contribution in [-0.4, -0.2) is 18.5 Å². The van der Waals surface area contributed by atoms with Crippen LogP contribution in [0.5, 0.6) is 0 Å². The normalized spacial score (nSPS) is 12.8. The van der Waals surface area contributed by atoms with Gasteiger partial charge in [-0.2, -0.15) is 0 Å². The molecule has 0 saturated heterocycles. The highest BCUT2D eigenvalue weighted by Gasteiger charge is 2.13. The number of carbonyl (C=O) groups is 1. The van der Waals surface area contributed by atoms with Crippen LogP contribution in [0.15, 0.2) is 0 Å². The van der Waals surface area contributed by atoms with Crippen LogP contribution >= 0.6 is 0 Å². The standard InChI is InChI=1S/C13H28N2O/c1-4-12(11(2)3)15-13(16)9-7-5-6-8-10-14/h11-12H,4-10,14H2,1-3H3,(H,15,16). The Morgan fingerprint density at radius 3 is 2.31 bits per heavy atom. The lowest BCUT2D eigenvalue weighted by Gasteiger charge is -2.20. The molecule has 96 valence electrons. The zero-order valence-electron chi connectivity index (χ0n) is 11.1. The zero-order chi connectivity index (χ0) is 12.4. The van der Waals surface area contributed by atoms with E-state index in [0.717, 1.165) is 38.6 Å². The van der Waals surface area contributed by atoms with Gasteiger partial charge < -0.3 is 11.1 Å². The van der Waals surface area contributed by atoms with E-state index in [0.29, 0.717) is 18.4 Å². The molecule has 0 aliphatic carbocycles. The maximum absolute atomic E-state index is 11.6. The summed E-state index contributed by atoms with van der Waals surface area (Å²) >= 11 is 0. The second kappa shape index (κ2) is 9.64. The van der Waals surface area contributed by atoms with Crippen LogP contribution in [0, 0.1) is 5.92 Å². The quantitative estimate of drug-likeness (QED) is 0.596. The van der Waals surface area contributed by atoms with Gasteiger partial charge in [0.25, 0.3) is 0 Å². The van der Waals surface area contributed by atoms with Crippen molar-refractivity contribution < 1.29 is 4.79 Å². The second-order valence-electron chi connectivity index (χ2n) is 4.78. The number of unbranched alkanes of at least 4 members (excludes halogenated alkanes) is 3. The summed E-state index contributed by atoms with van der Waals surface area (Å²) in [5, 5.41) is 3.09. The lowest BCUT2D eigenvalue weighted by molar-refractivity contribution is -0.122. The first-order chi connectivity index (χ1) is 7.61. The van der Waals surface area contributed by atoms with Gasteiger partial charge in [-0.05, 0) is 31.7 Å². The Morgan fingerprint density at radius 1 is 1.19 bits per heavy atom. The predicted octanol–water partition coefficient (Wildman–Crippen LogP) is 2.45. The lowest BCUT2D eigenvalue weighted by Crippen LogP contribution is -2.37. The van der Waals surface area contributed by atoms with Crippen molar-refractivity contribution in [2.75, 3.05) is 6.54 Å². The van der Waals surface area contributed by atoms with E-state index in [9.17, 15) is 4.79 Å². The molecular weight excluding hydrogens is 200 g/mol. The lowest BCUT2D eigenvalue weighted by atomic mass is 10.0. The first-order valence-electron chi connectivity index (χ1n) is 6.61. The van der Waals surface area contributed by atoms with E-state index >= 15 is 0 Å². The Balaban J connectivity index is 3.57. The molecule has 0 rings (SSSR count). The van der Waals surface area contributed by atoms with Crippen LogP contribution in [0.1, 0.15) is 59.3 Å². The summed E-state index contributed by atoms with van der Waals surface area (Å²) in [5.41, 5.74) is 5.41. The molecule has 3 nitrogen and oxygen atoms in total. The first-order valence-corrected chi connectivity index (χ1v) is 6.61. The van der Waals surface area contributed by atoms with Crippen molar-refractivity contribution in [2.45, 2.75) is 65.3 Å². The summed E-state index contributed by atoms with van der Waals surface area (Å²) in [5.74, 6) is 0.722. The van der Waals surface area contributed by atoms with Gasteiger partial charge in [-0.3, -0.25) is 4.79 Å². The Kier molecular flexibility index (Phi) is 9.30. The van der Waals surface area contributed by atoms with Gasteiger partial charge in [0.15, 0.2) is 0 Å². The number of hydrogen-bond donors (Lipinski definition) is 2. The summed E-state index contributed by atoms with van der Waals surface area (Å²) in [6, 6.07) is 0.330. The Bertz CT molecular complexity index is 181. The first kappa shape index (κ1) is 15.4. The van der Waals surface area contributed by atoms with Gasteiger partial charge in [-0.15, -0.1) is 0 Å². The van der Waals surface area contributed by atoms with Crippen molar-refractivity contribution in [1.82, 2.24) is 5.32 Å². The van der Waals surface area contributed by atoms with E-state index in [1.807, 2.05) is 0 Å². The van der Waals surface area contributed by atoms with Crippen molar-refractivity contribution in [2.24, 2.45) is 11.7 Å². The minimum absolute atomic E-state index is 0.202. The second-order valence-corrected chi connectivity index (χ2v) is 4.78. The molecule has 3 heteroatoms. The van der Waals surface area contributed by atoms with Crippen molar-refractivity contribution in [3.05, 3.63) is 0 Å². The van der Waals surface area contributed by atoms with Crippen molar-refractivity contribution in [3.8, 4) is 0 Å². The highest BCUT2D eigenvalue weighted by molar-refractivity contribution is 5.76. The molecule has 0 saturated carbocycles. The van der Waals surface area contributed by atoms with E-state index in [1.165, 1.54) is 0 Å². The third kappa shape index (κ3) is 7.69. The highest BCUT2D eigenvalue weighted by Crippen LogP contribution is 2.07. The molecule has 0 fully saturated rings. The molecule has 0 bridgehead atoms. The minimum Gasteiger partial charge on any atom is -0.353 e. The summed E-state index contributed by atoms with van der Waals surface area (Å²) < 4.78 is 0. The number of nitrogens with two attached hydrogens (primary N) is 1. The van der Waals surface area contributed by atoms with Gasteiger partial charge in [0.2, 0.25) is 5.91 Å². The summed E-state index contributed by atoms with van der Waals surface area (Å²) in [4.78, 5) is 11.6. The molecular formula is C13H28N2O. The SMILES string of the molecule is CCC(NC(=O)CCCCCCN)C(C)C. The van der Waals surface area contributed by atoms with Crippen LogP contribution in [0.25, 0.3) is 0 Å². The van der Waals surface area contributed by atoms with Crippen molar-refractivity contribution in [3.63, 3.8) is 0 Å². The third-order valence-corrected chi connectivity index (χ3v) is 2.95. The number of amides is 1. The predicted molar refractivity (Wildman–Crippen MR) is 69.2 cm³/mol. The van der Waals surface area contributed by atoms with Gasteiger partial charge in [0, 0.05) is 12.5 Å². The van der Waals surface area contributed by atoms with E-state index in [4.69, 9.17) is 5.73 Å². The van der Waals surface area contributed by atoms with Crippen LogP contribution in [-0.2, 0) is 4.79 Å². The number of rotatable bonds is 9. The minimum atomic E-state index is 0.202. The number of nitrogens with one attached hydrogen (secondary N) is 1. The van der Waals surface area contributed by atoms with E-state index < -0.39 is 0 Å². The fraction of sp³-hybridized carbons (Fsp3) is 0.923. The average Bonchev–Trinajstić information content (AvgIpc) is 2.25. The monoisotopic (exact) mass is 228 g/mol. The van der Waals surface area contributed by atoms with Gasteiger partial charge in [0.05, 0.1) is 0 Å². The number of carbonyl (C=O) groups excluding carboxylic acids is 1. The Morgan fingerprint density at radius 2 is 1.81 bits per heavy atom. The Labute approximate surface area is 100 Å². The zero-order valence-corrected chi connectivity index (χ0v) is 11.1. The highest BCUT2D eigenvalue weighted by atomic mass is 16.1. The molecule has 16 heavy (non-hydrogen) atoms. The molecule has 0 aromatic rings. The topological polar surface area (TPSA) is 55.1 Å². The maximum Gasteiger partial charge on any atom is 0.220 e. The number of hydrogen-bond acceptors (Lipinski definition) is 2. The summed E-state index contributed by atoms with van der Waals surface area (Å²) in [7, 11) is 0. The molecule has 0 aromatic heterocycles. The fourth-order valence-electron chi connectivity index (χ4n) is 1.80. The van der Waals surface area contributed by atoms with Crippen LogP contribution in [0.3, 0.4) is 0 Å². The van der Waals surface area contributed by atoms with Crippen molar-refractivity contribution in [1.29, 1.82) is 0 Å². The average molecular weight is 228 g/mol. The van der Waals surface area contributed by atoms with Crippen LogP contribution in [0.2, 0.25) is 0 Å². The van der Waals surface area contributed by atoms with E-state index in [2.05, 4.69) is 26.1 Å². The fourth-order valence-corrected chi connectivity index (χ4v) is 1.80. The van der Waals surface area contributed by atoms with E-state index in [1.54, 1.807) is 0 Å². The van der Waals surface area contributed by atoms with Gasteiger partial charge >= 0.3 is 0 Å². The van der Waals surface area contributed by atoms with E-state index in [-0.39, 0.29) is 5.91 Å². The molecule has 3 N–H and O–H groups in total. The molecule has 0 spiro atoms. The largest absolute Gasteiger partial charge is 0.353 e. The van der Waals surface area contributed by atoms with Gasteiger partial charge in [-0.1, -0.05) is 33.6 Å². The molecule has 1 amide bonds. The molecule has 1 unspecified atom stereocenters. The molecule has 0 aliphatic rings. The van der Waals surface area contributed by atoms with Crippen LogP contribution in [0.4, 0.5) is 0 Å². The molecule has 0 heterocycles.